The second kappa shape index (κ2) is 11.3. The standard InChI is InChI=1S/C21H18Cl2N6O5/c22-13-2-1-3-14(23)17(13)20(32)27-15-10-25-28-18(15)21(33)26-12-6-4-11(5-7-12)19(31)24-9-8-16(30)29-34/h1-7,10,34H,8-9H2,(H,24,31)(H,25,28)(H,26,33)(H,27,32)(H,29,30). The Labute approximate surface area is 202 Å². The van der Waals surface area contributed by atoms with Gasteiger partial charge in [-0.05, 0) is 36.4 Å². The number of hydroxylamine groups is 1. The van der Waals surface area contributed by atoms with Crippen LogP contribution in [0.5, 0.6) is 0 Å². The van der Waals surface area contributed by atoms with Crippen molar-refractivity contribution in [2.24, 2.45) is 0 Å². The number of nitrogens with zero attached hydrogens (tertiary/aromatic N) is 1. The van der Waals surface area contributed by atoms with E-state index in [9.17, 15) is 19.2 Å². The summed E-state index contributed by atoms with van der Waals surface area (Å²) in [5.41, 5.74) is 2.31. The Hall–Kier alpha value is -3.93. The summed E-state index contributed by atoms with van der Waals surface area (Å²) >= 11 is 12.1. The first-order valence-corrected chi connectivity index (χ1v) is 10.5. The lowest BCUT2D eigenvalue weighted by Crippen LogP contribution is -2.29. The van der Waals surface area contributed by atoms with Crippen molar-refractivity contribution in [3.05, 3.63) is 75.5 Å². The second-order valence-electron chi connectivity index (χ2n) is 6.78. The first kappa shape index (κ1) is 24.7. The molecule has 0 saturated carbocycles. The van der Waals surface area contributed by atoms with E-state index in [1.165, 1.54) is 48.1 Å². The predicted octanol–water partition coefficient (Wildman–Crippen LogP) is 2.85. The maximum atomic E-state index is 12.7. The van der Waals surface area contributed by atoms with Crippen molar-refractivity contribution in [1.82, 2.24) is 21.0 Å². The van der Waals surface area contributed by atoms with Gasteiger partial charge in [0, 0.05) is 24.2 Å². The normalized spacial score (nSPS) is 10.3. The molecule has 3 rings (SSSR count). The molecule has 0 fully saturated rings. The summed E-state index contributed by atoms with van der Waals surface area (Å²) in [6, 6.07) is 10.6. The number of rotatable bonds is 8. The van der Waals surface area contributed by atoms with E-state index in [4.69, 9.17) is 28.4 Å². The third-order valence-electron chi connectivity index (χ3n) is 4.47. The molecule has 1 aromatic heterocycles. The van der Waals surface area contributed by atoms with Crippen LogP contribution in [0.3, 0.4) is 0 Å². The maximum Gasteiger partial charge on any atom is 0.275 e. The molecule has 0 aliphatic heterocycles. The minimum atomic E-state index is -0.623. The zero-order valence-electron chi connectivity index (χ0n) is 17.3. The molecule has 0 unspecified atom stereocenters. The zero-order valence-corrected chi connectivity index (χ0v) is 18.8. The largest absolute Gasteiger partial charge is 0.352 e. The molecule has 6 N–H and O–H groups in total. The average molecular weight is 505 g/mol. The van der Waals surface area contributed by atoms with Gasteiger partial charge in [-0.1, -0.05) is 29.3 Å². The van der Waals surface area contributed by atoms with E-state index >= 15 is 0 Å². The second-order valence-corrected chi connectivity index (χ2v) is 7.60. The highest BCUT2D eigenvalue weighted by Crippen LogP contribution is 2.26. The minimum Gasteiger partial charge on any atom is -0.352 e. The first-order chi connectivity index (χ1) is 16.3. The van der Waals surface area contributed by atoms with Crippen LogP contribution in [0.1, 0.15) is 37.6 Å². The summed E-state index contributed by atoms with van der Waals surface area (Å²) in [6.07, 6.45) is 1.18. The van der Waals surface area contributed by atoms with Crippen molar-refractivity contribution in [2.75, 3.05) is 17.2 Å². The Morgan fingerprint density at radius 3 is 2.24 bits per heavy atom. The highest BCUT2D eigenvalue weighted by Gasteiger charge is 2.20. The summed E-state index contributed by atoms with van der Waals surface area (Å²) in [7, 11) is 0. The monoisotopic (exact) mass is 504 g/mol. The summed E-state index contributed by atoms with van der Waals surface area (Å²) in [5.74, 6) is -2.26. The number of hydrogen-bond acceptors (Lipinski definition) is 6. The Kier molecular flexibility index (Phi) is 8.19. The maximum absolute atomic E-state index is 12.7. The van der Waals surface area contributed by atoms with Crippen molar-refractivity contribution in [1.29, 1.82) is 0 Å². The number of aromatic nitrogens is 2. The molecule has 0 aliphatic carbocycles. The molecule has 2 aromatic carbocycles. The predicted molar refractivity (Wildman–Crippen MR) is 124 cm³/mol. The van der Waals surface area contributed by atoms with Crippen LogP contribution < -0.4 is 21.4 Å². The van der Waals surface area contributed by atoms with Gasteiger partial charge in [0.25, 0.3) is 17.7 Å². The molecule has 11 nitrogen and oxygen atoms in total. The van der Waals surface area contributed by atoms with Gasteiger partial charge in [-0.25, -0.2) is 5.48 Å². The van der Waals surface area contributed by atoms with E-state index in [-0.39, 0.29) is 40.0 Å². The summed E-state index contributed by atoms with van der Waals surface area (Å²) in [4.78, 5) is 48.3. The fourth-order valence-electron chi connectivity index (χ4n) is 2.80. The van der Waals surface area contributed by atoms with Crippen LogP contribution >= 0.6 is 23.2 Å². The highest BCUT2D eigenvalue weighted by atomic mass is 35.5. The lowest BCUT2D eigenvalue weighted by molar-refractivity contribution is -0.129. The van der Waals surface area contributed by atoms with Crippen LogP contribution in [0, 0.1) is 0 Å². The Morgan fingerprint density at radius 1 is 0.912 bits per heavy atom. The number of amides is 4. The van der Waals surface area contributed by atoms with Gasteiger partial charge in [0.15, 0.2) is 0 Å². The number of carbonyl (C=O) groups is 4. The average Bonchev–Trinajstić information content (AvgIpc) is 3.27. The number of carbonyl (C=O) groups excluding carboxylic acids is 4. The van der Waals surface area contributed by atoms with Crippen LogP contribution in [-0.2, 0) is 4.79 Å². The minimum absolute atomic E-state index is 0.0134. The molecule has 0 radical (unpaired) electrons. The Balaban J connectivity index is 1.63. The topological polar surface area (TPSA) is 165 Å². The zero-order chi connectivity index (χ0) is 24.7. The fraction of sp³-hybridized carbons (Fsp3) is 0.0952. The molecule has 13 heteroatoms. The van der Waals surface area contributed by atoms with E-state index in [1.807, 2.05) is 0 Å². The van der Waals surface area contributed by atoms with Crippen molar-refractivity contribution in [3.8, 4) is 0 Å². The van der Waals surface area contributed by atoms with Gasteiger partial charge in [-0.15, -0.1) is 0 Å². The molecule has 0 spiro atoms. The number of H-pyrrole nitrogens is 1. The number of aromatic amines is 1. The third kappa shape index (κ3) is 6.10. The number of hydrogen-bond donors (Lipinski definition) is 6. The molecule has 0 bridgehead atoms. The van der Waals surface area contributed by atoms with Crippen LogP contribution in [0.2, 0.25) is 10.0 Å². The van der Waals surface area contributed by atoms with E-state index in [0.29, 0.717) is 11.3 Å². The summed E-state index contributed by atoms with van der Waals surface area (Å²) in [5, 5.41) is 22.8. The van der Waals surface area contributed by atoms with Crippen LogP contribution in [0.4, 0.5) is 11.4 Å². The number of nitrogens with one attached hydrogen (secondary N) is 5. The fourth-order valence-corrected chi connectivity index (χ4v) is 3.37. The lowest BCUT2D eigenvalue weighted by atomic mass is 10.2. The molecule has 0 aliphatic rings. The van der Waals surface area contributed by atoms with Crippen molar-refractivity contribution < 1.29 is 24.4 Å². The van der Waals surface area contributed by atoms with Crippen LogP contribution in [0.25, 0.3) is 0 Å². The smallest absolute Gasteiger partial charge is 0.275 e. The number of benzene rings is 2. The van der Waals surface area contributed by atoms with Gasteiger partial charge in [-0.3, -0.25) is 29.5 Å². The van der Waals surface area contributed by atoms with Crippen molar-refractivity contribution in [2.45, 2.75) is 6.42 Å². The summed E-state index contributed by atoms with van der Waals surface area (Å²) in [6.45, 7) is 0.0391. The SMILES string of the molecule is O=C(CCNC(=O)c1ccc(NC(=O)c2[nH]ncc2NC(=O)c2c(Cl)cccc2Cl)cc1)NO. The Morgan fingerprint density at radius 2 is 1.59 bits per heavy atom. The van der Waals surface area contributed by atoms with Gasteiger partial charge < -0.3 is 16.0 Å². The molecule has 3 aromatic rings. The molecule has 176 valence electrons. The molecule has 4 amide bonds. The van der Waals surface area contributed by atoms with Gasteiger partial charge in [0.1, 0.15) is 5.69 Å². The van der Waals surface area contributed by atoms with Gasteiger partial charge in [-0.2, -0.15) is 5.10 Å². The highest BCUT2D eigenvalue weighted by molar-refractivity contribution is 6.40. The van der Waals surface area contributed by atoms with Gasteiger partial charge in [0.2, 0.25) is 5.91 Å². The van der Waals surface area contributed by atoms with Crippen molar-refractivity contribution in [3.63, 3.8) is 0 Å². The van der Waals surface area contributed by atoms with E-state index < -0.39 is 23.6 Å². The van der Waals surface area contributed by atoms with Crippen LogP contribution in [0.15, 0.2) is 48.7 Å². The van der Waals surface area contributed by atoms with Crippen molar-refractivity contribution >= 4 is 58.2 Å². The summed E-state index contributed by atoms with van der Waals surface area (Å²) < 4.78 is 0. The van der Waals surface area contributed by atoms with E-state index in [2.05, 4.69) is 26.1 Å². The van der Waals surface area contributed by atoms with E-state index in [1.54, 1.807) is 6.07 Å². The number of halogens is 2. The molecule has 0 saturated heterocycles. The molecule has 1 heterocycles. The molecular weight excluding hydrogens is 487 g/mol. The van der Waals surface area contributed by atoms with Gasteiger partial charge >= 0.3 is 0 Å². The van der Waals surface area contributed by atoms with Crippen LogP contribution in [-0.4, -0.2) is 45.6 Å². The third-order valence-corrected chi connectivity index (χ3v) is 5.10. The quantitative estimate of drug-likeness (QED) is 0.204. The molecule has 34 heavy (non-hydrogen) atoms. The van der Waals surface area contributed by atoms with E-state index in [0.717, 1.165) is 0 Å². The lowest BCUT2D eigenvalue weighted by Gasteiger charge is -2.10. The van der Waals surface area contributed by atoms with Gasteiger partial charge in [0.05, 0.1) is 27.5 Å². The molecule has 0 atom stereocenters. The molecular formula is C21H18Cl2N6O5. The number of anilines is 2. The Bertz CT molecular complexity index is 1210. The first-order valence-electron chi connectivity index (χ1n) is 9.71.